The Morgan fingerprint density at radius 3 is 2.65 bits per heavy atom. The molecule has 3 aromatic carbocycles. The molecule has 1 amide bonds. The van der Waals surface area contributed by atoms with Gasteiger partial charge in [-0.05, 0) is 73.2 Å². The van der Waals surface area contributed by atoms with Gasteiger partial charge >= 0.3 is 5.97 Å². The first kappa shape index (κ1) is 33.5. The van der Waals surface area contributed by atoms with Crippen molar-refractivity contribution in [3.63, 3.8) is 0 Å². The number of aliphatic carboxylic acids is 1. The van der Waals surface area contributed by atoms with E-state index >= 15 is 0 Å². The number of benzene rings is 3. The highest BCUT2D eigenvalue weighted by Gasteiger charge is 2.29. The summed E-state index contributed by atoms with van der Waals surface area (Å²) in [6, 6.07) is 15.4. The standard InChI is InChI=1S/C38H42ClN5O4/c1-23-19-27(22-44-18-6-5-13-33(44)38(46)47)34(48-4)20-26(23)15-14-25-9-7-10-28(24(25)2)29-11-8-12-30(35(29)39)42-37(45)36-41-31-21-40-17-16-32(31)43(36)3/h7-12,14-15,19-20,33,40H,5-6,13,16-18,21-22H2,1-4H3,(H,42,45)(H,46,47)/b15-14+/t33-/m0/s1. The number of ether oxygens (including phenoxy) is 1. The van der Waals surface area contributed by atoms with Crippen molar-refractivity contribution >= 4 is 41.3 Å². The van der Waals surface area contributed by atoms with E-state index in [4.69, 9.17) is 16.3 Å². The van der Waals surface area contributed by atoms with E-state index < -0.39 is 12.0 Å². The molecule has 4 aromatic rings. The third-order valence-electron chi connectivity index (χ3n) is 9.63. The Kier molecular flexibility index (Phi) is 10.0. The Hall–Kier alpha value is -4.44. The van der Waals surface area contributed by atoms with Crippen molar-refractivity contribution in [1.29, 1.82) is 0 Å². The lowest BCUT2D eigenvalue weighted by atomic mass is 9.95. The summed E-state index contributed by atoms with van der Waals surface area (Å²) in [4.78, 5) is 31.8. The number of halogens is 1. The van der Waals surface area contributed by atoms with Gasteiger partial charge in [0.05, 0.1) is 23.5 Å². The molecule has 6 rings (SSSR count). The van der Waals surface area contributed by atoms with Crippen LogP contribution in [-0.2, 0) is 31.4 Å². The Morgan fingerprint density at radius 1 is 1.10 bits per heavy atom. The minimum atomic E-state index is -0.763. The highest BCUT2D eigenvalue weighted by atomic mass is 35.5. The first-order valence-corrected chi connectivity index (χ1v) is 16.8. The number of anilines is 1. The monoisotopic (exact) mass is 667 g/mol. The number of amides is 1. The van der Waals surface area contributed by atoms with E-state index in [0.717, 1.165) is 88.4 Å². The normalized spacial score (nSPS) is 16.6. The van der Waals surface area contributed by atoms with Gasteiger partial charge in [0.2, 0.25) is 0 Å². The number of aryl methyl sites for hydroxylation is 1. The molecular weight excluding hydrogens is 626 g/mol. The fourth-order valence-corrected chi connectivity index (χ4v) is 7.19. The Labute approximate surface area is 286 Å². The number of aromatic nitrogens is 2. The lowest BCUT2D eigenvalue weighted by molar-refractivity contribution is -0.144. The van der Waals surface area contributed by atoms with Crippen LogP contribution in [0.2, 0.25) is 5.02 Å². The molecule has 0 bridgehead atoms. The predicted octanol–water partition coefficient (Wildman–Crippen LogP) is 6.87. The molecule has 1 saturated heterocycles. The number of carbonyl (C=O) groups is 2. The average Bonchev–Trinajstić information content (AvgIpc) is 3.42. The lowest BCUT2D eigenvalue weighted by Gasteiger charge is -2.33. The van der Waals surface area contributed by atoms with Crippen LogP contribution in [0.4, 0.5) is 5.69 Å². The number of nitrogens with zero attached hydrogens (tertiary/aromatic N) is 3. The van der Waals surface area contributed by atoms with Gasteiger partial charge in [0.25, 0.3) is 5.91 Å². The molecule has 0 saturated carbocycles. The maximum atomic E-state index is 13.3. The minimum absolute atomic E-state index is 0.297. The number of carboxylic acids is 1. The van der Waals surface area contributed by atoms with Crippen molar-refractivity contribution in [1.82, 2.24) is 19.8 Å². The summed E-state index contributed by atoms with van der Waals surface area (Å²) in [5.74, 6) is 0.0485. The molecule has 3 N–H and O–H groups in total. The van der Waals surface area contributed by atoms with E-state index in [0.29, 0.717) is 36.0 Å². The van der Waals surface area contributed by atoms with E-state index in [9.17, 15) is 14.7 Å². The van der Waals surface area contributed by atoms with Crippen LogP contribution < -0.4 is 15.4 Å². The first-order valence-electron chi connectivity index (χ1n) is 16.4. The topological polar surface area (TPSA) is 109 Å². The summed E-state index contributed by atoms with van der Waals surface area (Å²) in [6.07, 6.45) is 7.60. The Bertz CT molecular complexity index is 1900. The molecular formula is C38H42ClN5O4. The maximum Gasteiger partial charge on any atom is 0.320 e. The van der Waals surface area contributed by atoms with Gasteiger partial charge in [-0.15, -0.1) is 0 Å². The van der Waals surface area contributed by atoms with Crippen LogP contribution >= 0.6 is 11.6 Å². The number of rotatable bonds is 9. The predicted molar refractivity (Wildman–Crippen MR) is 191 cm³/mol. The molecule has 0 spiro atoms. The molecule has 3 heterocycles. The van der Waals surface area contributed by atoms with Crippen LogP contribution in [0, 0.1) is 13.8 Å². The van der Waals surface area contributed by atoms with Crippen LogP contribution in [-0.4, -0.2) is 57.7 Å². The quantitative estimate of drug-likeness (QED) is 0.167. The van der Waals surface area contributed by atoms with Crippen LogP contribution in [0.3, 0.4) is 0 Å². The zero-order valence-corrected chi connectivity index (χ0v) is 28.7. The van der Waals surface area contributed by atoms with Crippen molar-refractivity contribution in [2.45, 2.75) is 58.7 Å². The van der Waals surface area contributed by atoms with Crippen molar-refractivity contribution in [3.05, 3.63) is 98.6 Å². The molecule has 0 aliphatic carbocycles. The third kappa shape index (κ3) is 6.76. The second kappa shape index (κ2) is 14.4. The molecule has 2 aliphatic rings. The van der Waals surface area contributed by atoms with E-state index in [1.54, 1.807) is 13.2 Å². The van der Waals surface area contributed by atoms with Crippen molar-refractivity contribution in [2.75, 3.05) is 25.5 Å². The van der Waals surface area contributed by atoms with Gasteiger partial charge in [0, 0.05) is 49.9 Å². The highest BCUT2D eigenvalue weighted by Crippen LogP contribution is 2.37. The molecule has 2 aliphatic heterocycles. The van der Waals surface area contributed by atoms with Crippen molar-refractivity contribution < 1.29 is 19.4 Å². The number of nitrogens with one attached hydrogen (secondary N) is 2. The molecule has 1 fully saturated rings. The number of imidazole rings is 1. The largest absolute Gasteiger partial charge is 0.496 e. The maximum absolute atomic E-state index is 13.3. The van der Waals surface area contributed by atoms with Crippen LogP contribution in [0.1, 0.15) is 69.1 Å². The van der Waals surface area contributed by atoms with Crippen molar-refractivity contribution in [2.24, 2.45) is 7.05 Å². The summed E-state index contributed by atoms with van der Waals surface area (Å²) in [6.45, 7) is 6.95. The number of hydrogen-bond acceptors (Lipinski definition) is 6. The summed E-state index contributed by atoms with van der Waals surface area (Å²) in [5, 5.41) is 16.5. The molecule has 250 valence electrons. The first-order chi connectivity index (χ1) is 23.2. The molecule has 48 heavy (non-hydrogen) atoms. The number of likely N-dealkylation sites (tertiary alicyclic amines) is 1. The number of carboxylic acid groups (broad SMARTS) is 1. The lowest BCUT2D eigenvalue weighted by Crippen LogP contribution is -2.44. The number of carbonyl (C=O) groups excluding carboxylic acids is 1. The van der Waals surface area contributed by atoms with Crippen LogP contribution in [0.5, 0.6) is 5.75 Å². The minimum Gasteiger partial charge on any atom is -0.496 e. The van der Waals surface area contributed by atoms with Gasteiger partial charge in [-0.1, -0.05) is 66.6 Å². The SMILES string of the molecule is COc1cc(/C=C/c2cccc(-c3cccc(NC(=O)c4nc5c(n4C)CCNC5)c3Cl)c2C)c(C)cc1CN1CCCC[C@H]1C(=O)O. The Morgan fingerprint density at radius 2 is 1.88 bits per heavy atom. The smallest absolute Gasteiger partial charge is 0.320 e. The summed E-state index contributed by atoms with van der Waals surface area (Å²) in [5.41, 5.74) is 9.47. The number of hydrogen-bond donors (Lipinski definition) is 3. The summed E-state index contributed by atoms with van der Waals surface area (Å²) < 4.78 is 7.65. The molecule has 9 nitrogen and oxygen atoms in total. The summed E-state index contributed by atoms with van der Waals surface area (Å²) >= 11 is 6.96. The fraction of sp³-hybridized carbons (Fsp3) is 0.342. The van der Waals surface area contributed by atoms with E-state index in [2.05, 4.69) is 53.7 Å². The fourth-order valence-electron chi connectivity index (χ4n) is 6.91. The van der Waals surface area contributed by atoms with Crippen LogP contribution in [0.25, 0.3) is 23.3 Å². The van der Waals surface area contributed by atoms with E-state index in [-0.39, 0.29) is 5.91 Å². The van der Waals surface area contributed by atoms with E-state index in [1.165, 1.54) is 0 Å². The zero-order valence-electron chi connectivity index (χ0n) is 27.9. The second-order valence-electron chi connectivity index (χ2n) is 12.6. The van der Waals surface area contributed by atoms with Crippen LogP contribution in [0.15, 0.2) is 48.5 Å². The molecule has 1 atom stereocenters. The second-order valence-corrected chi connectivity index (χ2v) is 13.0. The number of fused-ring (bicyclic) bond motifs is 1. The average molecular weight is 668 g/mol. The van der Waals surface area contributed by atoms with E-state index in [1.807, 2.05) is 46.8 Å². The van der Waals surface area contributed by atoms with Gasteiger partial charge in [-0.2, -0.15) is 0 Å². The Balaban J connectivity index is 1.23. The number of methoxy groups -OCH3 is 1. The number of piperidine rings is 1. The van der Waals surface area contributed by atoms with Gasteiger partial charge in [0.15, 0.2) is 5.82 Å². The van der Waals surface area contributed by atoms with Gasteiger partial charge in [-0.25, -0.2) is 4.98 Å². The molecule has 10 heteroatoms. The van der Waals surface area contributed by atoms with Gasteiger partial charge in [-0.3, -0.25) is 14.5 Å². The zero-order chi connectivity index (χ0) is 33.9. The molecule has 1 aromatic heterocycles. The van der Waals surface area contributed by atoms with Gasteiger partial charge < -0.3 is 25.0 Å². The third-order valence-corrected chi connectivity index (χ3v) is 10.0. The van der Waals surface area contributed by atoms with Crippen molar-refractivity contribution in [3.8, 4) is 16.9 Å². The van der Waals surface area contributed by atoms with Gasteiger partial charge in [0.1, 0.15) is 11.8 Å². The summed E-state index contributed by atoms with van der Waals surface area (Å²) in [7, 11) is 3.53. The molecule has 0 unspecified atom stereocenters. The molecule has 0 radical (unpaired) electrons. The highest BCUT2D eigenvalue weighted by molar-refractivity contribution is 6.36.